The molecule has 0 radical (unpaired) electrons. The number of nitrogens with zero attached hydrogens (tertiary/aromatic N) is 3. The average molecular weight is 262 g/mol. The first-order chi connectivity index (χ1) is 8.18. The fourth-order valence-corrected chi connectivity index (χ4v) is 1.98. The molecule has 96 valence electrons. The number of morpholine rings is 1. The van der Waals surface area contributed by atoms with E-state index in [-0.39, 0.29) is 10.8 Å². The third-order valence-corrected chi connectivity index (χ3v) is 3.13. The highest BCUT2D eigenvalue weighted by Gasteiger charge is 2.14. The number of nitrogens with one attached hydrogen (secondary N) is 1. The first kappa shape index (κ1) is 12.7. The molecule has 1 N–H and O–H groups in total. The summed E-state index contributed by atoms with van der Waals surface area (Å²) >= 11 is 5.87. The van der Waals surface area contributed by atoms with Crippen LogP contribution in [0.2, 0.25) is 5.15 Å². The zero-order valence-corrected chi connectivity index (χ0v) is 10.0. The minimum Gasteiger partial charge on any atom is -0.628 e. The van der Waals surface area contributed by atoms with E-state index in [4.69, 9.17) is 16.3 Å². The molecule has 1 fully saturated rings. The van der Waals surface area contributed by atoms with Crippen LogP contribution in [-0.4, -0.2) is 47.5 Å². The van der Waals surface area contributed by atoms with Gasteiger partial charge in [-0.25, -0.2) is 4.68 Å². The molecule has 17 heavy (non-hydrogen) atoms. The van der Waals surface area contributed by atoms with Gasteiger partial charge in [0.1, 0.15) is 6.20 Å². The Morgan fingerprint density at radius 2 is 2.06 bits per heavy atom. The van der Waals surface area contributed by atoms with Crippen molar-refractivity contribution in [3.05, 3.63) is 21.8 Å². The highest BCUT2D eigenvalue weighted by molar-refractivity contribution is 6.31. The van der Waals surface area contributed by atoms with Gasteiger partial charge in [0.05, 0.1) is 19.8 Å². The molecule has 2 heterocycles. The van der Waals surface area contributed by atoms with Gasteiger partial charge in [0.2, 0.25) is 0 Å². The molecular weight excluding hydrogens is 248 g/mol. The molecule has 7 nitrogen and oxygen atoms in total. The molecule has 2 rings (SSSR count). The molecular formula is C9H14ClN4O3-. The maximum absolute atomic E-state index is 10.7. The predicted octanol–water partition coefficient (Wildman–Crippen LogP) is -0.619. The molecule has 0 amide bonds. The van der Waals surface area contributed by atoms with Crippen LogP contribution in [0.3, 0.4) is 0 Å². The Morgan fingerprint density at radius 1 is 1.35 bits per heavy atom. The number of hydrogen-bond donors (Lipinski definition) is 1. The van der Waals surface area contributed by atoms with Gasteiger partial charge in [0.15, 0.2) is 10.8 Å². The third-order valence-electron chi connectivity index (χ3n) is 2.73. The maximum atomic E-state index is 10.7. The lowest BCUT2D eigenvalue weighted by Gasteiger charge is -2.26. The molecule has 1 aromatic heterocycles. The number of aromatic nitrogens is 2. The van der Waals surface area contributed by atoms with E-state index >= 15 is 0 Å². The highest BCUT2D eigenvalue weighted by Crippen LogP contribution is 2.16. The molecule has 0 atom stereocenters. The van der Waals surface area contributed by atoms with E-state index in [1.165, 1.54) is 10.9 Å². The van der Waals surface area contributed by atoms with Crippen LogP contribution >= 0.6 is 11.6 Å². The van der Waals surface area contributed by atoms with Gasteiger partial charge in [0, 0.05) is 19.6 Å². The van der Waals surface area contributed by atoms with E-state index in [2.05, 4.69) is 10.00 Å². The molecule has 0 aromatic carbocycles. The van der Waals surface area contributed by atoms with Gasteiger partial charge in [-0.15, -0.1) is 0 Å². The predicted molar refractivity (Wildman–Crippen MR) is 61.9 cm³/mol. The van der Waals surface area contributed by atoms with Crippen LogP contribution in [0.25, 0.3) is 0 Å². The summed E-state index contributed by atoms with van der Waals surface area (Å²) in [7, 11) is 0. The number of halogens is 1. The fourth-order valence-electron chi connectivity index (χ4n) is 1.72. The Labute approximate surface area is 104 Å². The van der Waals surface area contributed by atoms with Crippen LogP contribution in [-0.2, 0) is 11.3 Å². The van der Waals surface area contributed by atoms with Crippen molar-refractivity contribution in [3.8, 4) is 0 Å². The van der Waals surface area contributed by atoms with E-state index in [0.717, 1.165) is 32.8 Å². The lowest BCUT2D eigenvalue weighted by atomic mass is 10.4. The standard InChI is InChI=1S/C9H14ClN4O3/c10-9-8(14(15)16)7-11-13(9)2-1-12-3-5-17-6-4-12/h7,14H,1-6H2/q-1. The van der Waals surface area contributed by atoms with Gasteiger partial charge in [-0.1, -0.05) is 11.6 Å². The first-order valence-electron chi connectivity index (χ1n) is 5.41. The molecule has 1 aliphatic rings. The van der Waals surface area contributed by atoms with Gasteiger partial charge in [-0.05, 0) is 0 Å². The van der Waals surface area contributed by atoms with E-state index in [0.29, 0.717) is 6.54 Å². The SMILES string of the molecule is [O-][NH+]([O-])c1cnn(CCN2CCOCC2)c1Cl. The van der Waals surface area contributed by atoms with Gasteiger partial charge in [-0.3, -0.25) is 4.90 Å². The normalized spacial score (nSPS) is 17.9. The molecule has 1 saturated heterocycles. The summed E-state index contributed by atoms with van der Waals surface area (Å²) in [6.07, 6.45) is 1.22. The maximum Gasteiger partial charge on any atom is 0.189 e. The van der Waals surface area contributed by atoms with Crippen molar-refractivity contribution in [2.24, 2.45) is 0 Å². The minimum atomic E-state index is -1.30. The summed E-state index contributed by atoms with van der Waals surface area (Å²) in [4.78, 5) is 2.22. The van der Waals surface area contributed by atoms with Crippen LogP contribution < -0.4 is 5.23 Å². The minimum absolute atomic E-state index is 0.0614. The lowest BCUT2D eigenvalue weighted by molar-refractivity contribution is -0.715. The second kappa shape index (κ2) is 5.76. The van der Waals surface area contributed by atoms with Crippen molar-refractivity contribution in [3.63, 3.8) is 0 Å². The van der Waals surface area contributed by atoms with Gasteiger partial charge in [-0.2, -0.15) is 5.10 Å². The second-order valence-corrected chi connectivity index (χ2v) is 4.17. The number of hydrogen-bond acceptors (Lipinski definition) is 5. The summed E-state index contributed by atoms with van der Waals surface area (Å²) < 4.78 is 6.71. The monoisotopic (exact) mass is 261 g/mol. The van der Waals surface area contributed by atoms with Crippen molar-refractivity contribution in [2.75, 3.05) is 32.8 Å². The van der Waals surface area contributed by atoms with Crippen LogP contribution in [0.15, 0.2) is 6.20 Å². The summed E-state index contributed by atoms with van der Waals surface area (Å²) in [5, 5.41) is 24.1. The van der Waals surface area contributed by atoms with Crippen molar-refractivity contribution >= 4 is 17.3 Å². The average Bonchev–Trinajstić information content (AvgIpc) is 2.69. The number of rotatable bonds is 4. The van der Waals surface area contributed by atoms with E-state index < -0.39 is 5.23 Å². The van der Waals surface area contributed by atoms with Crippen LogP contribution in [0.5, 0.6) is 0 Å². The summed E-state index contributed by atoms with van der Waals surface area (Å²) in [5.41, 5.74) is -0.0614. The van der Waals surface area contributed by atoms with E-state index in [9.17, 15) is 10.4 Å². The molecule has 0 spiro atoms. The van der Waals surface area contributed by atoms with Gasteiger partial charge < -0.3 is 20.4 Å². The van der Waals surface area contributed by atoms with Gasteiger partial charge in [0.25, 0.3) is 0 Å². The van der Waals surface area contributed by atoms with Crippen LogP contribution in [0.4, 0.5) is 5.69 Å². The lowest BCUT2D eigenvalue weighted by Crippen LogP contribution is -2.96. The largest absolute Gasteiger partial charge is 0.628 e. The summed E-state index contributed by atoms with van der Waals surface area (Å²) in [6, 6.07) is 0. The molecule has 1 aromatic rings. The number of quaternary nitrogens is 1. The molecule has 0 bridgehead atoms. The van der Waals surface area contributed by atoms with Crippen molar-refractivity contribution in [1.29, 1.82) is 0 Å². The third kappa shape index (κ3) is 3.15. The highest BCUT2D eigenvalue weighted by atomic mass is 35.5. The Morgan fingerprint density at radius 3 is 2.65 bits per heavy atom. The topological polar surface area (TPSA) is 80.8 Å². The van der Waals surface area contributed by atoms with E-state index in [1.807, 2.05) is 0 Å². The Kier molecular flexibility index (Phi) is 4.32. The van der Waals surface area contributed by atoms with Crippen LogP contribution in [0, 0.1) is 10.4 Å². The van der Waals surface area contributed by atoms with Crippen molar-refractivity contribution < 1.29 is 9.96 Å². The zero-order valence-electron chi connectivity index (χ0n) is 9.26. The zero-order chi connectivity index (χ0) is 12.3. The summed E-state index contributed by atoms with van der Waals surface area (Å²) in [6.45, 7) is 4.57. The molecule has 0 saturated carbocycles. The Bertz CT molecular complexity index is 365. The van der Waals surface area contributed by atoms with Crippen molar-refractivity contribution in [1.82, 2.24) is 14.7 Å². The van der Waals surface area contributed by atoms with Crippen LogP contribution in [0.1, 0.15) is 0 Å². The Hall–Kier alpha value is -0.700. The quantitative estimate of drug-likeness (QED) is 0.731. The van der Waals surface area contributed by atoms with E-state index in [1.54, 1.807) is 0 Å². The number of ether oxygens (including phenoxy) is 1. The second-order valence-electron chi connectivity index (χ2n) is 3.81. The Balaban J connectivity index is 1.90. The molecule has 0 unspecified atom stereocenters. The van der Waals surface area contributed by atoms with Crippen molar-refractivity contribution in [2.45, 2.75) is 6.54 Å². The molecule has 0 aliphatic carbocycles. The fraction of sp³-hybridized carbons (Fsp3) is 0.667. The smallest absolute Gasteiger partial charge is 0.189 e. The summed E-state index contributed by atoms with van der Waals surface area (Å²) in [5.74, 6) is 0. The van der Waals surface area contributed by atoms with Gasteiger partial charge >= 0.3 is 0 Å². The first-order valence-corrected chi connectivity index (χ1v) is 5.79. The molecule has 1 aliphatic heterocycles. The molecule has 8 heteroatoms.